The Labute approximate surface area is 657 Å². The number of nitrogens with two attached hydrogens (primary N) is 4. The van der Waals surface area contributed by atoms with Crippen LogP contribution in [0.15, 0.2) is 134 Å². The minimum Gasteiger partial charge on any atom is -0.370 e. The zero-order chi connectivity index (χ0) is 81.8. The molecule has 1 aromatic heterocycles. The lowest BCUT2D eigenvalue weighted by Crippen LogP contribution is -2.61. The van der Waals surface area contributed by atoms with Crippen molar-refractivity contribution in [2.45, 2.75) is 171 Å². The molecule has 8 rings (SSSR count). The maximum absolute atomic E-state index is 15.2. The summed E-state index contributed by atoms with van der Waals surface area (Å²) in [7, 11) is 0. The highest BCUT2D eigenvalue weighted by Crippen LogP contribution is 2.23. The highest BCUT2D eigenvalue weighted by Gasteiger charge is 2.41. The van der Waals surface area contributed by atoms with Gasteiger partial charge in [0.15, 0.2) is 5.96 Å². The Morgan fingerprint density at radius 3 is 1.80 bits per heavy atom. The lowest BCUT2D eigenvalue weighted by atomic mass is 9.99. The second-order valence-electron chi connectivity index (χ2n) is 28.4. The standard InChI is InChI=1S/C78H99ClN20O14/c1-43(2)33-57-71(107)92-56(77(113)99-32-10-17-64(99)76(112)97-63(41-80)67(81)103)28-31-86-68(104)58(37-46-18-22-49-12-4-6-14-51(49)34-46)89-65(101)27-26-55(70(106)90-54(69(105)93-57)16-9-30-87-78(82)83)91-75(111)62(40-66(102)98-84)96-74(110)61(39-48-11-8-29-85-42-48)95-73(109)60(36-45-20-24-53(79)25-21-45)94-72(108)59(88-44(3)100)38-47-19-23-50-13-5-7-15-52(50)35-47/h4-8,11-15,18-25,29,34-35,42-43,54-64H,9-10,16-17,26-28,30-33,36-41,80,84H2,1-3H3,(H2,81,103)(H,86,104)(H,88,100)(H,89,101)(H,90,106)(H,91,111)(H,92,107)(H,93,105)(H,94,108)(H,95,109)(H,96,110)(H,97,112)(H,98,102)(H4,82,83,87)/t54-,55+,56+,57+,58+,59-,60-,61-,62+,63?,64+/m1/s1. The summed E-state index contributed by atoms with van der Waals surface area (Å²) < 4.78 is 0. The van der Waals surface area contributed by atoms with Crippen LogP contribution in [0.2, 0.25) is 5.02 Å². The van der Waals surface area contributed by atoms with Crippen LogP contribution in [-0.4, -0.2) is 191 Å². The number of hydrogen-bond donors (Lipinski definition) is 18. The van der Waals surface area contributed by atoms with Gasteiger partial charge in [-0.15, -0.1) is 0 Å². The Balaban J connectivity index is 1.12. The number of pyridine rings is 1. The molecule has 3 heterocycles. The topological polar surface area (TPSA) is 539 Å². The van der Waals surface area contributed by atoms with Crippen LogP contribution in [0.5, 0.6) is 0 Å². The molecule has 35 heteroatoms. The van der Waals surface area contributed by atoms with E-state index in [9.17, 15) is 47.9 Å². The largest absolute Gasteiger partial charge is 0.370 e. The van der Waals surface area contributed by atoms with Gasteiger partial charge in [-0.05, 0) is 113 Å². The number of carbonyl (C=O) groups excluding carboxylic acids is 14. The zero-order valence-electron chi connectivity index (χ0n) is 62.9. The molecule has 2 aliphatic rings. The van der Waals surface area contributed by atoms with Gasteiger partial charge >= 0.3 is 0 Å². The molecule has 6 aromatic rings. The van der Waals surface area contributed by atoms with Crippen molar-refractivity contribution in [2.75, 3.05) is 26.2 Å². The van der Waals surface area contributed by atoms with Crippen LogP contribution in [0, 0.1) is 11.3 Å². The molecule has 0 aliphatic carbocycles. The number of halogens is 1. The van der Waals surface area contributed by atoms with Crippen LogP contribution in [0.25, 0.3) is 21.5 Å². The van der Waals surface area contributed by atoms with E-state index in [4.69, 9.17) is 40.1 Å². The van der Waals surface area contributed by atoms with Crippen molar-refractivity contribution in [1.29, 1.82) is 5.41 Å². The molecular formula is C78H99ClN20O14. The number of guanidine groups is 1. The molecule has 602 valence electrons. The molecular weight excluding hydrogens is 1480 g/mol. The predicted octanol–water partition coefficient (Wildman–Crippen LogP) is -1.40. The Morgan fingerprint density at radius 2 is 1.19 bits per heavy atom. The van der Waals surface area contributed by atoms with Crippen LogP contribution in [-0.2, 0) is 92.8 Å². The molecule has 2 aliphatic heterocycles. The van der Waals surface area contributed by atoms with E-state index in [1.807, 2.05) is 78.2 Å². The van der Waals surface area contributed by atoms with Gasteiger partial charge in [0.2, 0.25) is 82.7 Å². The van der Waals surface area contributed by atoms with E-state index in [1.165, 1.54) is 24.2 Å². The van der Waals surface area contributed by atoms with Gasteiger partial charge in [-0.2, -0.15) is 0 Å². The zero-order valence-corrected chi connectivity index (χ0v) is 63.7. The van der Waals surface area contributed by atoms with E-state index in [0.29, 0.717) is 33.7 Å². The third-order valence-electron chi connectivity index (χ3n) is 19.2. The van der Waals surface area contributed by atoms with Crippen molar-refractivity contribution in [2.24, 2.45) is 29.0 Å². The molecule has 0 bridgehead atoms. The maximum atomic E-state index is 15.2. The van der Waals surface area contributed by atoms with Gasteiger partial charge in [0.1, 0.15) is 66.5 Å². The summed E-state index contributed by atoms with van der Waals surface area (Å²) in [5.41, 5.74) is 20.9. The summed E-state index contributed by atoms with van der Waals surface area (Å²) in [5.74, 6) is -7.86. The molecule has 2 saturated heterocycles. The molecule has 113 heavy (non-hydrogen) atoms. The van der Waals surface area contributed by atoms with E-state index in [-0.39, 0.29) is 89.9 Å². The summed E-state index contributed by atoms with van der Waals surface area (Å²) in [5, 5.41) is 43.5. The molecule has 22 N–H and O–H groups in total. The van der Waals surface area contributed by atoms with Crippen LogP contribution in [0.4, 0.5) is 0 Å². The summed E-state index contributed by atoms with van der Waals surface area (Å²) in [4.78, 5) is 207. The highest BCUT2D eigenvalue weighted by molar-refractivity contribution is 6.30. The van der Waals surface area contributed by atoms with E-state index in [2.05, 4.69) is 68.8 Å². The van der Waals surface area contributed by atoms with Gasteiger partial charge in [0.05, 0.1) is 6.42 Å². The van der Waals surface area contributed by atoms with E-state index in [1.54, 1.807) is 62.4 Å². The summed E-state index contributed by atoms with van der Waals surface area (Å²) in [6.45, 7) is 4.05. The first kappa shape index (κ1) is 86.4. The SMILES string of the molecule is CC(=O)N[C@H](Cc1ccc2ccccc2c1)C(=O)N[C@H](Cc1ccc(Cl)cc1)C(=O)N[C@H](Cc1cccnc1)C(=O)N[C@@H](CC(=O)NN)C(=O)N[C@H]1CCC(=O)N[C@@H](Cc2ccc3ccccc3c2)C(=O)NCC[C@@H](C(=O)N2CCC[C@H]2C(=O)NC(CN)C(N)=O)NC(=O)[C@H](CC(C)C)NC(=O)[C@@H](CCCNC(=N)N)NC1=O. The molecule has 14 amide bonds. The average molecular weight is 1580 g/mol. The number of hydrogen-bond acceptors (Lipinski definition) is 18. The van der Waals surface area contributed by atoms with Gasteiger partial charge < -0.3 is 85.9 Å². The highest BCUT2D eigenvalue weighted by atomic mass is 35.5. The summed E-state index contributed by atoms with van der Waals surface area (Å²) in [6, 6.07) is 18.8. The molecule has 0 spiro atoms. The summed E-state index contributed by atoms with van der Waals surface area (Å²) in [6.07, 6.45) is -0.161. The maximum Gasteiger partial charge on any atom is 0.245 e. The number of nitrogens with one attached hydrogen (secondary N) is 14. The minimum absolute atomic E-state index is 0.00710. The fraction of sp³-hybridized carbons (Fsp3) is 0.410. The van der Waals surface area contributed by atoms with Crippen LogP contribution in [0.1, 0.15) is 101 Å². The molecule has 5 aromatic carbocycles. The number of hydrazine groups is 1. The second-order valence-corrected chi connectivity index (χ2v) is 28.8. The first-order valence-electron chi connectivity index (χ1n) is 37.3. The van der Waals surface area contributed by atoms with Crippen molar-refractivity contribution in [3.63, 3.8) is 0 Å². The van der Waals surface area contributed by atoms with Gasteiger partial charge in [0.25, 0.3) is 0 Å². The van der Waals surface area contributed by atoms with Crippen LogP contribution in [0.3, 0.4) is 0 Å². The molecule has 0 radical (unpaired) electrons. The summed E-state index contributed by atoms with van der Waals surface area (Å²) >= 11 is 6.27. The molecule has 11 atom stereocenters. The smallest absolute Gasteiger partial charge is 0.245 e. The van der Waals surface area contributed by atoms with Gasteiger partial charge in [-0.3, -0.25) is 82.9 Å². The Morgan fingerprint density at radius 1 is 0.611 bits per heavy atom. The van der Waals surface area contributed by atoms with E-state index < -0.39 is 174 Å². The van der Waals surface area contributed by atoms with Crippen molar-refractivity contribution in [1.82, 2.24) is 79.1 Å². The Bertz CT molecular complexity index is 4440. The normalized spacial score (nSPS) is 19.2. The van der Waals surface area contributed by atoms with E-state index in [0.717, 1.165) is 21.5 Å². The second kappa shape index (κ2) is 42.3. The first-order valence-corrected chi connectivity index (χ1v) is 37.7. The fourth-order valence-electron chi connectivity index (χ4n) is 13.3. The van der Waals surface area contributed by atoms with Crippen LogP contribution >= 0.6 is 11.6 Å². The molecule has 2 fully saturated rings. The first-order chi connectivity index (χ1) is 54.0. The Hall–Kier alpha value is -12.2. The number of primary amides is 1. The predicted molar refractivity (Wildman–Crippen MR) is 419 cm³/mol. The minimum atomic E-state index is -1.98. The molecule has 0 saturated carbocycles. The number of fused-ring (bicyclic) bond motifs is 2. The van der Waals surface area contributed by atoms with Gasteiger partial charge in [-0.25, -0.2) is 5.84 Å². The lowest BCUT2D eigenvalue weighted by molar-refractivity contribution is -0.142. The van der Waals surface area contributed by atoms with Gasteiger partial charge in [0, 0.05) is 82.6 Å². The number of carbonyl (C=O) groups is 14. The number of aromatic nitrogens is 1. The number of likely N-dealkylation sites (tertiary alicyclic amines) is 1. The van der Waals surface area contributed by atoms with Gasteiger partial charge in [-0.1, -0.05) is 129 Å². The quantitative estimate of drug-likeness (QED) is 0.00616. The van der Waals surface area contributed by atoms with Crippen molar-refractivity contribution in [3.8, 4) is 0 Å². The Kier molecular flexibility index (Phi) is 32.4. The average Bonchev–Trinajstić information content (AvgIpc) is 1.77. The van der Waals surface area contributed by atoms with Crippen molar-refractivity contribution >= 4 is 122 Å². The number of amides is 14. The molecule has 34 nitrogen and oxygen atoms in total. The number of nitrogens with zero attached hydrogens (tertiary/aromatic N) is 2. The van der Waals surface area contributed by atoms with Crippen molar-refractivity contribution < 1.29 is 67.1 Å². The third-order valence-corrected chi connectivity index (χ3v) is 19.4. The van der Waals surface area contributed by atoms with E-state index >= 15 is 19.2 Å². The molecule has 1 unspecified atom stereocenters. The fourth-order valence-corrected chi connectivity index (χ4v) is 13.4. The number of benzene rings is 5. The lowest BCUT2D eigenvalue weighted by Gasteiger charge is -2.31. The number of rotatable bonds is 30. The van der Waals surface area contributed by atoms with Crippen molar-refractivity contribution in [3.05, 3.63) is 161 Å². The third kappa shape index (κ3) is 26.5. The van der Waals surface area contributed by atoms with Crippen LogP contribution < -0.4 is 92.3 Å². The monoisotopic (exact) mass is 1570 g/mol.